The minimum atomic E-state index is -0.729. The van der Waals surface area contributed by atoms with Gasteiger partial charge >= 0.3 is 0 Å². The number of carbonyl (C=O) groups is 1. The number of ketones is 1. The molecule has 0 saturated heterocycles. The summed E-state index contributed by atoms with van der Waals surface area (Å²) >= 11 is 3.40. The molecule has 1 unspecified atom stereocenters. The first-order chi connectivity index (χ1) is 8.46. The third kappa shape index (κ3) is 3.33. The van der Waals surface area contributed by atoms with Gasteiger partial charge in [0.05, 0.1) is 7.11 Å². The molecule has 0 aromatic heterocycles. The predicted molar refractivity (Wildman–Crippen MR) is 75.1 cm³/mol. The van der Waals surface area contributed by atoms with Crippen LogP contribution < -0.4 is 4.74 Å². The lowest BCUT2D eigenvalue weighted by Gasteiger charge is -2.25. The van der Waals surface area contributed by atoms with Gasteiger partial charge in [-0.15, -0.1) is 0 Å². The molecule has 1 rings (SSSR count). The third-order valence-electron chi connectivity index (χ3n) is 3.31. The standard InChI is InChI=1S/C14H19BrO3/c1-5-14(2,18-4)13(16)9-10-8-11(15)6-7-12(10)17-3/h6-8H,5,9H2,1-4H3. The lowest BCUT2D eigenvalue weighted by Crippen LogP contribution is -2.37. The Hall–Kier alpha value is -0.870. The number of ether oxygens (including phenoxy) is 2. The maximum atomic E-state index is 12.3. The molecule has 0 aliphatic heterocycles. The summed E-state index contributed by atoms with van der Waals surface area (Å²) in [5, 5.41) is 0. The molecule has 1 aromatic carbocycles. The van der Waals surface area contributed by atoms with Gasteiger partial charge in [-0.3, -0.25) is 4.79 Å². The number of halogens is 1. The summed E-state index contributed by atoms with van der Waals surface area (Å²) in [5.74, 6) is 0.782. The van der Waals surface area contributed by atoms with Gasteiger partial charge < -0.3 is 9.47 Å². The molecule has 0 saturated carbocycles. The Morgan fingerprint density at radius 2 is 2.06 bits per heavy atom. The zero-order valence-electron chi connectivity index (χ0n) is 11.2. The molecule has 0 radical (unpaired) electrons. The molecular formula is C14H19BrO3. The number of rotatable bonds is 6. The molecule has 100 valence electrons. The fourth-order valence-electron chi connectivity index (χ4n) is 1.70. The third-order valence-corrected chi connectivity index (χ3v) is 3.80. The van der Waals surface area contributed by atoms with E-state index >= 15 is 0 Å². The molecule has 0 spiro atoms. The Kier molecular flexibility index (Phi) is 5.35. The summed E-state index contributed by atoms with van der Waals surface area (Å²) in [4.78, 5) is 12.3. The summed E-state index contributed by atoms with van der Waals surface area (Å²) in [5.41, 5.74) is 0.140. The Balaban J connectivity index is 2.97. The van der Waals surface area contributed by atoms with Gasteiger partial charge in [-0.1, -0.05) is 22.9 Å². The predicted octanol–water partition coefficient (Wildman–Crippen LogP) is 3.38. The van der Waals surface area contributed by atoms with Crippen LogP contribution in [0.5, 0.6) is 5.75 Å². The molecule has 0 bridgehead atoms. The van der Waals surface area contributed by atoms with Gasteiger partial charge in [0, 0.05) is 23.6 Å². The zero-order chi connectivity index (χ0) is 13.8. The van der Waals surface area contributed by atoms with E-state index in [9.17, 15) is 4.79 Å². The molecule has 0 fully saturated rings. The first kappa shape index (κ1) is 15.2. The van der Waals surface area contributed by atoms with Gasteiger partial charge in [0.15, 0.2) is 5.78 Å². The second-order valence-electron chi connectivity index (χ2n) is 4.34. The largest absolute Gasteiger partial charge is 0.496 e. The van der Waals surface area contributed by atoms with E-state index in [1.54, 1.807) is 14.2 Å². The van der Waals surface area contributed by atoms with Gasteiger partial charge in [0.1, 0.15) is 11.4 Å². The lowest BCUT2D eigenvalue weighted by molar-refractivity contribution is -0.138. The highest BCUT2D eigenvalue weighted by molar-refractivity contribution is 9.10. The van der Waals surface area contributed by atoms with Crippen molar-refractivity contribution in [3.63, 3.8) is 0 Å². The molecular weight excluding hydrogens is 296 g/mol. The number of methoxy groups -OCH3 is 2. The van der Waals surface area contributed by atoms with Crippen LogP contribution in [0.3, 0.4) is 0 Å². The number of benzene rings is 1. The minimum Gasteiger partial charge on any atom is -0.496 e. The number of hydrogen-bond donors (Lipinski definition) is 0. The molecule has 1 aromatic rings. The average molecular weight is 315 g/mol. The summed E-state index contributed by atoms with van der Waals surface area (Å²) in [6.45, 7) is 3.76. The van der Waals surface area contributed by atoms with E-state index < -0.39 is 5.60 Å². The van der Waals surface area contributed by atoms with Crippen LogP contribution in [-0.4, -0.2) is 25.6 Å². The molecule has 0 heterocycles. The molecule has 0 aliphatic rings. The normalized spacial score (nSPS) is 14.1. The molecule has 4 heteroatoms. The quantitative estimate of drug-likeness (QED) is 0.807. The van der Waals surface area contributed by atoms with Crippen LogP contribution in [0, 0.1) is 0 Å². The van der Waals surface area contributed by atoms with Crippen molar-refractivity contribution in [3.05, 3.63) is 28.2 Å². The van der Waals surface area contributed by atoms with Crippen molar-refractivity contribution in [2.45, 2.75) is 32.3 Å². The first-order valence-electron chi connectivity index (χ1n) is 5.87. The van der Waals surface area contributed by atoms with E-state index in [-0.39, 0.29) is 5.78 Å². The Labute approximate surface area is 117 Å². The lowest BCUT2D eigenvalue weighted by atomic mass is 9.92. The summed E-state index contributed by atoms with van der Waals surface area (Å²) in [6.07, 6.45) is 0.958. The zero-order valence-corrected chi connectivity index (χ0v) is 12.8. The van der Waals surface area contributed by atoms with Crippen molar-refractivity contribution < 1.29 is 14.3 Å². The topological polar surface area (TPSA) is 35.5 Å². The van der Waals surface area contributed by atoms with Crippen molar-refractivity contribution in [2.24, 2.45) is 0 Å². The summed E-state index contributed by atoms with van der Waals surface area (Å²) in [7, 11) is 3.17. The molecule has 0 amide bonds. The fourth-order valence-corrected chi connectivity index (χ4v) is 2.11. The minimum absolute atomic E-state index is 0.0592. The van der Waals surface area contributed by atoms with Crippen LogP contribution in [0.2, 0.25) is 0 Å². The Morgan fingerprint density at radius 1 is 1.39 bits per heavy atom. The van der Waals surface area contributed by atoms with Crippen molar-refractivity contribution in [2.75, 3.05) is 14.2 Å². The maximum absolute atomic E-state index is 12.3. The van der Waals surface area contributed by atoms with Crippen molar-refractivity contribution in [1.29, 1.82) is 0 Å². The molecule has 18 heavy (non-hydrogen) atoms. The number of hydrogen-bond acceptors (Lipinski definition) is 3. The molecule has 0 N–H and O–H groups in total. The van der Waals surface area contributed by atoms with E-state index in [1.165, 1.54) is 0 Å². The van der Waals surface area contributed by atoms with E-state index in [4.69, 9.17) is 9.47 Å². The van der Waals surface area contributed by atoms with Gasteiger partial charge in [-0.2, -0.15) is 0 Å². The van der Waals surface area contributed by atoms with Crippen LogP contribution in [-0.2, 0) is 16.0 Å². The SMILES string of the molecule is CCC(C)(OC)C(=O)Cc1cc(Br)ccc1OC. The average Bonchev–Trinajstić information content (AvgIpc) is 2.38. The van der Waals surface area contributed by atoms with E-state index in [0.717, 1.165) is 15.8 Å². The van der Waals surface area contributed by atoms with Gasteiger partial charge in [-0.05, 0) is 31.5 Å². The van der Waals surface area contributed by atoms with Crippen molar-refractivity contribution in [3.8, 4) is 5.75 Å². The fraction of sp³-hybridized carbons (Fsp3) is 0.500. The monoisotopic (exact) mass is 314 g/mol. The van der Waals surface area contributed by atoms with Gasteiger partial charge in [0.2, 0.25) is 0 Å². The van der Waals surface area contributed by atoms with Crippen LogP contribution >= 0.6 is 15.9 Å². The number of carbonyl (C=O) groups excluding carboxylic acids is 1. The summed E-state index contributed by atoms with van der Waals surface area (Å²) in [6, 6.07) is 5.65. The maximum Gasteiger partial charge on any atom is 0.168 e. The number of Topliss-reactive ketones (excluding diaryl/α,β-unsaturated/α-hetero) is 1. The van der Waals surface area contributed by atoms with Crippen molar-refractivity contribution >= 4 is 21.7 Å². The second kappa shape index (κ2) is 6.34. The van der Waals surface area contributed by atoms with Crippen LogP contribution in [0.1, 0.15) is 25.8 Å². The highest BCUT2D eigenvalue weighted by atomic mass is 79.9. The van der Waals surface area contributed by atoms with E-state index in [2.05, 4.69) is 15.9 Å². The van der Waals surface area contributed by atoms with E-state index in [0.29, 0.717) is 12.8 Å². The van der Waals surface area contributed by atoms with Gasteiger partial charge in [0.25, 0.3) is 0 Å². The van der Waals surface area contributed by atoms with Crippen LogP contribution in [0.25, 0.3) is 0 Å². The second-order valence-corrected chi connectivity index (χ2v) is 5.26. The molecule has 3 nitrogen and oxygen atoms in total. The summed E-state index contributed by atoms with van der Waals surface area (Å²) < 4.78 is 11.5. The highest BCUT2D eigenvalue weighted by Gasteiger charge is 2.31. The van der Waals surface area contributed by atoms with Gasteiger partial charge in [-0.25, -0.2) is 0 Å². The molecule has 0 aliphatic carbocycles. The highest BCUT2D eigenvalue weighted by Crippen LogP contribution is 2.26. The van der Waals surface area contributed by atoms with Crippen LogP contribution in [0.4, 0.5) is 0 Å². The van der Waals surface area contributed by atoms with E-state index in [1.807, 2.05) is 32.0 Å². The Bertz CT molecular complexity index is 425. The first-order valence-corrected chi connectivity index (χ1v) is 6.67. The smallest absolute Gasteiger partial charge is 0.168 e. The Morgan fingerprint density at radius 3 is 2.56 bits per heavy atom. The molecule has 1 atom stereocenters. The van der Waals surface area contributed by atoms with Crippen molar-refractivity contribution in [1.82, 2.24) is 0 Å². The van der Waals surface area contributed by atoms with Crippen LogP contribution in [0.15, 0.2) is 22.7 Å².